The first-order chi connectivity index (χ1) is 9.97. The number of hydrogen-bond donors (Lipinski definition) is 1. The van der Waals surface area contributed by atoms with Crippen LogP contribution in [-0.2, 0) is 0 Å². The molecule has 1 amide bonds. The number of amides is 1. The van der Waals surface area contributed by atoms with Crippen LogP contribution < -0.4 is 5.32 Å². The molecule has 0 radical (unpaired) electrons. The standard InChI is InChI=1S/C17H25ClN2O/c1-12(2)10-20(11-15-5-4-8-19-15)17(21)14-7-6-13(3)16(18)9-14/h6-7,9,12,15,19H,4-5,8,10-11H2,1-3H3. The Morgan fingerprint density at radius 2 is 2.24 bits per heavy atom. The van der Waals surface area contributed by atoms with Crippen LogP contribution in [0.5, 0.6) is 0 Å². The topological polar surface area (TPSA) is 32.3 Å². The van der Waals surface area contributed by atoms with Crippen molar-refractivity contribution in [3.8, 4) is 0 Å². The Balaban J connectivity index is 2.13. The number of nitrogens with zero attached hydrogens (tertiary/aromatic N) is 1. The molecule has 4 heteroatoms. The Bertz CT molecular complexity index is 496. The highest BCUT2D eigenvalue weighted by molar-refractivity contribution is 6.31. The van der Waals surface area contributed by atoms with E-state index in [1.54, 1.807) is 6.07 Å². The third kappa shape index (κ3) is 4.45. The molecule has 116 valence electrons. The fraction of sp³-hybridized carbons (Fsp3) is 0.588. The molecule has 2 rings (SSSR count). The maximum atomic E-state index is 12.8. The van der Waals surface area contributed by atoms with Gasteiger partial charge in [-0.15, -0.1) is 0 Å². The van der Waals surface area contributed by atoms with Crippen LogP contribution in [0.15, 0.2) is 18.2 Å². The fourth-order valence-electron chi connectivity index (χ4n) is 2.77. The quantitative estimate of drug-likeness (QED) is 0.903. The van der Waals surface area contributed by atoms with Crippen molar-refractivity contribution in [2.24, 2.45) is 5.92 Å². The van der Waals surface area contributed by atoms with Crippen molar-refractivity contribution in [1.82, 2.24) is 10.2 Å². The third-order valence-electron chi connectivity index (χ3n) is 3.89. The highest BCUT2D eigenvalue weighted by Crippen LogP contribution is 2.19. The van der Waals surface area contributed by atoms with E-state index in [0.29, 0.717) is 22.5 Å². The summed E-state index contributed by atoms with van der Waals surface area (Å²) in [5, 5.41) is 4.12. The lowest BCUT2D eigenvalue weighted by Gasteiger charge is -2.27. The van der Waals surface area contributed by atoms with Crippen LogP contribution in [0.2, 0.25) is 5.02 Å². The molecule has 1 atom stereocenters. The first-order valence-electron chi connectivity index (χ1n) is 7.76. The Kier molecular flexibility index (Phi) is 5.65. The molecule has 3 nitrogen and oxygen atoms in total. The van der Waals surface area contributed by atoms with Gasteiger partial charge in [-0.1, -0.05) is 31.5 Å². The summed E-state index contributed by atoms with van der Waals surface area (Å²) in [5.41, 5.74) is 1.69. The van der Waals surface area contributed by atoms with E-state index in [2.05, 4.69) is 19.2 Å². The minimum Gasteiger partial charge on any atom is -0.337 e. The number of hydrogen-bond acceptors (Lipinski definition) is 2. The van der Waals surface area contributed by atoms with E-state index in [1.807, 2.05) is 24.0 Å². The second-order valence-corrected chi connectivity index (χ2v) is 6.77. The summed E-state index contributed by atoms with van der Waals surface area (Å²) in [4.78, 5) is 14.7. The summed E-state index contributed by atoms with van der Waals surface area (Å²) < 4.78 is 0. The van der Waals surface area contributed by atoms with Gasteiger partial charge in [0.25, 0.3) is 5.91 Å². The van der Waals surface area contributed by atoms with Gasteiger partial charge in [0.15, 0.2) is 0 Å². The van der Waals surface area contributed by atoms with Crippen LogP contribution in [0.3, 0.4) is 0 Å². The van der Waals surface area contributed by atoms with Crippen LogP contribution in [-0.4, -0.2) is 36.5 Å². The summed E-state index contributed by atoms with van der Waals surface area (Å²) in [7, 11) is 0. The first kappa shape index (κ1) is 16.3. The van der Waals surface area contributed by atoms with E-state index in [9.17, 15) is 4.79 Å². The van der Waals surface area contributed by atoms with Crippen molar-refractivity contribution in [3.05, 3.63) is 34.3 Å². The molecule has 0 spiro atoms. The molecule has 0 aromatic heterocycles. The number of carbonyl (C=O) groups excluding carboxylic acids is 1. The third-order valence-corrected chi connectivity index (χ3v) is 4.30. The lowest BCUT2D eigenvalue weighted by molar-refractivity contribution is 0.0721. The van der Waals surface area contributed by atoms with Gasteiger partial charge in [-0.25, -0.2) is 0 Å². The van der Waals surface area contributed by atoms with Crippen molar-refractivity contribution in [2.45, 2.75) is 39.7 Å². The Labute approximate surface area is 132 Å². The van der Waals surface area contributed by atoms with Crippen molar-refractivity contribution < 1.29 is 4.79 Å². The molecule has 1 fully saturated rings. The number of halogens is 1. The minimum absolute atomic E-state index is 0.0827. The number of benzene rings is 1. The van der Waals surface area contributed by atoms with Gasteiger partial charge in [0.2, 0.25) is 0 Å². The van der Waals surface area contributed by atoms with E-state index in [-0.39, 0.29) is 5.91 Å². The highest BCUT2D eigenvalue weighted by Gasteiger charge is 2.23. The number of carbonyl (C=O) groups is 1. The smallest absolute Gasteiger partial charge is 0.253 e. The summed E-state index contributed by atoms with van der Waals surface area (Å²) in [6.45, 7) is 8.86. The van der Waals surface area contributed by atoms with E-state index in [4.69, 9.17) is 11.6 Å². The molecular weight excluding hydrogens is 284 g/mol. The van der Waals surface area contributed by atoms with Crippen LogP contribution in [0.4, 0.5) is 0 Å². The van der Waals surface area contributed by atoms with Crippen LogP contribution in [0.25, 0.3) is 0 Å². The highest BCUT2D eigenvalue weighted by atomic mass is 35.5. The zero-order valence-corrected chi connectivity index (χ0v) is 13.9. The van der Waals surface area contributed by atoms with E-state index >= 15 is 0 Å². The number of aryl methyl sites for hydroxylation is 1. The molecule has 1 aliphatic rings. The molecule has 1 N–H and O–H groups in total. The van der Waals surface area contributed by atoms with E-state index < -0.39 is 0 Å². The van der Waals surface area contributed by atoms with Gasteiger partial charge in [0, 0.05) is 29.7 Å². The van der Waals surface area contributed by atoms with Gasteiger partial charge >= 0.3 is 0 Å². The Morgan fingerprint density at radius 1 is 1.48 bits per heavy atom. The largest absolute Gasteiger partial charge is 0.337 e. The first-order valence-corrected chi connectivity index (χ1v) is 8.14. The number of rotatable bonds is 5. The second-order valence-electron chi connectivity index (χ2n) is 6.36. The normalized spacial score (nSPS) is 18.2. The van der Waals surface area contributed by atoms with Crippen LogP contribution in [0.1, 0.15) is 42.6 Å². The SMILES string of the molecule is Cc1ccc(C(=O)N(CC(C)C)CC2CCCN2)cc1Cl. The molecule has 21 heavy (non-hydrogen) atoms. The zero-order valence-electron chi connectivity index (χ0n) is 13.2. The molecular formula is C17H25ClN2O. The summed E-state index contributed by atoms with van der Waals surface area (Å²) in [6.07, 6.45) is 2.35. The average Bonchev–Trinajstić information content (AvgIpc) is 2.93. The summed E-state index contributed by atoms with van der Waals surface area (Å²) in [6, 6.07) is 6.00. The Morgan fingerprint density at radius 3 is 2.81 bits per heavy atom. The van der Waals surface area contributed by atoms with Gasteiger partial charge in [-0.05, 0) is 49.9 Å². The van der Waals surface area contributed by atoms with Gasteiger partial charge in [-0.2, -0.15) is 0 Å². The molecule has 1 unspecified atom stereocenters. The van der Waals surface area contributed by atoms with Crippen molar-refractivity contribution in [3.63, 3.8) is 0 Å². The predicted molar refractivity (Wildman–Crippen MR) is 88.0 cm³/mol. The lowest BCUT2D eigenvalue weighted by atomic mass is 10.1. The molecule has 1 aromatic rings. The van der Waals surface area contributed by atoms with Crippen molar-refractivity contribution in [1.29, 1.82) is 0 Å². The molecule has 1 saturated heterocycles. The molecule has 1 aliphatic heterocycles. The van der Waals surface area contributed by atoms with E-state index in [1.165, 1.54) is 6.42 Å². The average molecular weight is 309 g/mol. The summed E-state index contributed by atoms with van der Waals surface area (Å²) in [5.74, 6) is 0.538. The van der Waals surface area contributed by atoms with Crippen molar-refractivity contribution >= 4 is 17.5 Å². The van der Waals surface area contributed by atoms with Gasteiger partial charge < -0.3 is 10.2 Å². The van der Waals surface area contributed by atoms with Gasteiger partial charge in [0.1, 0.15) is 0 Å². The van der Waals surface area contributed by atoms with E-state index in [0.717, 1.165) is 31.6 Å². The molecule has 0 bridgehead atoms. The van der Waals surface area contributed by atoms with Crippen LogP contribution >= 0.6 is 11.6 Å². The fourth-order valence-corrected chi connectivity index (χ4v) is 2.95. The van der Waals surface area contributed by atoms with Gasteiger partial charge in [-0.3, -0.25) is 4.79 Å². The predicted octanol–water partition coefficient (Wildman–Crippen LogP) is 3.50. The number of nitrogens with one attached hydrogen (secondary N) is 1. The molecule has 0 saturated carbocycles. The van der Waals surface area contributed by atoms with Crippen LogP contribution in [0, 0.1) is 12.8 Å². The maximum Gasteiger partial charge on any atom is 0.253 e. The Hall–Kier alpha value is -1.06. The van der Waals surface area contributed by atoms with Crippen molar-refractivity contribution in [2.75, 3.05) is 19.6 Å². The monoisotopic (exact) mass is 308 g/mol. The van der Waals surface area contributed by atoms with Gasteiger partial charge in [0.05, 0.1) is 0 Å². The minimum atomic E-state index is 0.0827. The summed E-state index contributed by atoms with van der Waals surface area (Å²) >= 11 is 6.16. The molecule has 1 heterocycles. The molecule has 0 aliphatic carbocycles. The lowest BCUT2D eigenvalue weighted by Crippen LogP contribution is -2.42. The maximum absolute atomic E-state index is 12.8. The molecule has 1 aromatic carbocycles. The second kappa shape index (κ2) is 7.28. The zero-order chi connectivity index (χ0) is 15.4.